The molecule has 1 aliphatic rings. The normalized spacial score (nSPS) is 17.2. The predicted octanol–water partition coefficient (Wildman–Crippen LogP) is 1.25. The average molecular weight is 286 g/mol. The summed E-state index contributed by atoms with van der Waals surface area (Å²) >= 11 is 3.34. The van der Waals surface area contributed by atoms with Gasteiger partial charge in [0.2, 0.25) is 0 Å². The second kappa shape index (κ2) is 4.59. The zero-order valence-electron chi connectivity index (χ0n) is 9.24. The third-order valence-corrected chi connectivity index (χ3v) is 3.36. The zero-order chi connectivity index (χ0) is 11.7. The molecule has 0 radical (unpaired) electrons. The number of carbonyl (C=O) groups excluding carboxylic acids is 1. The highest BCUT2D eigenvalue weighted by molar-refractivity contribution is 9.10. The number of hydrogen-bond donors (Lipinski definition) is 2. The lowest BCUT2D eigenvalue weighted by molar-refractivity contribution is 0.0942. The number of rotatable bonds is 4. The van der Waals surface area contributed by atoms with Gasteiger partial charge in [-0.1, -0.05) is 0 Å². The molecule has 0 saturated heterocycles. The molecule has 0 spiro atoms. The van der Waals surface area contributed by atoms with E-state index in [4.69, 9.17) is 5.73 Å². The van der Waals surface area contributed by atoms with E-state index in [1.807, 2.05) is 13.2 Å². The lowest BCUT2D eigenvalue weighted by atomic mass is 10.2. The Morgan fingerprint density at radius 3 is 2.94 bits per heavy atom. The summed E-state index contributed by atoms with van der Waals surface area (Å²) in [5.41, 5.74) is 6.57. The van der Waals surface area contributed by atoms with E-state index in [0.717, 1.165) is 4.47 Å². The molecule has 5 heteroatoms. The van der Waals surface area contributed by atoms with Crippen molar-refractivity contribution in [3.05, 3.63) is 22.4 Å². The third kappa shape index (κ3) is 2.65. The molecular formula is C11H16BrN3O. The molecule has 1 amide bonds. The molecule has 1 unspecified atom stereocenters. The lowest BCUT2D eigenvalue weighted by Gasteiger charge is -2.11. The van der Waals surface area contributed by atoms with Gasteiger partial charge >= 0.3 is 0 Å². The maximum atomic E-state index is 11.8. The van der Waals surface area contributed by atoms with Crippen molar-refractivity contribution < 1.29 is 4.79 Å². The Balaban J connectivity index is 1.89. The molecule has 1 saturated carbocycles. The Hall–Kier alpha value is -0.810. The molecule has 1 aromatic heterocycles. The third-order valence-electron chi connectivity index (χ3n) is 2.93. The van der Waals surface area contributed by atoms with E-state index in [0.29, 0.717) is 18.2 Å². The SMILES string of the molecule is Cn1cc(Br)cc1C(=O)NCC(N)C1CC1. The largest absolute Gasteiger partial charge is 0.349 e. The summed E-state index contributed by atoms with van der Waals surface area (Å²) in [7, 11) is 1.85. The molecule has 16 heavy (non-hydrogen) atoms. The average Bonchev–Trinajstić information content (AvgIpc) is 3.01. The number of carbonyl (C=O) groups is 1. The van der Waals surface area contributed by atoms with Gasteiger partial charge in [0, 0.05) is 30.3 Å². The topological polar surface area (TPSA) is 60.0 Å². The molecule has 0 aliphatic heterocycles. The van der Waals surface area contributed by atoms with Crippen molar-refractivity contribution in [2.45, 2.75) is 18.9 Å². The van der Waals surface area contributed by atoms with Gasteiger partial charge in [0.25, 0.3) is 5.91 Å². The molecule has 1 aliphatic carbocycles. The van der Waals surface area contributed by atoms with E-state index in [-0.39, 0.29) is 11.9 Å². The van der Waals surface area contributed by atoms with Crippen LogP contribution < -0.4 is 11.1 Å². The van der Waals surface area contributed by atoms with E-state index in [2.05, 4.69) is 21.2 Å². The quantitative estimate of drug-likeness (QED) is 0.875. The zero-order valence-corrected chi connectivity index (χ0v) is 10.8. The Morgan fingerprint density at radius 2 is 2.44 bits per heavy atom. The fourth-order valence-electron chi connectivity index (χ4n) is 1.74. The van der Waals surface area contributed by atoms with E-state index < -0.39 is 0 Å². The van der Waals surface area contributed by atoms with Crippen molar-refractivity contribution in [3.63, 3.8) is 0 Å². The number of halogens is 1. The van der Waals surface area contributed by atoms with Crippen molar-refractivity contribution in [2.75, 3.05) is 6.54 Å². The minimum absolute atomic E-state index is 0.0655. The molecule has 1 fully saturated rings. The Morgan fingerprint density at radius 1 is 1.75 bits per heavy atom. The van der Waals surface area contributed by atoms with Gasteiger partial charge in [-0.2, -0.15) is 0 Å². The van der Waals surface area contributed by atoms with Gasteiger partial charge in [-0.3, -0.25) is 4.79 Å². The Bertz CT molecular complexity index is 398. The maximum Gasteiger partial charge on any atom is 0.267 e. The first kappa shape index (κ1) is 11.7. The van der Waals surface area contributed by atoms with Crippen molar-refractivity contribution in [2.24, 2.45) is 18.7 Å². The van der Waals surface area contributed by atoms with Crippen LogP contribution in [0.5, 0.6) is 0 Å². The number of nitrogens with two attached hydrogens (primary N) is 1. The van der Waals surface area contributed by atoms with Gasteiger partial charge in [0.1, 0.15) is 5.69 Å². The Kier molecular flexibility index (Phi) is 3.35. The van der Waals surface area contributed by atoms with Crippen molar-refractivity contribution in [3.8, 4) is 0 Å². The first-order valence-electron chi connectivity index (χ1n) is 5.43. The van der Waals surface area contributed by atoms with E-state index in [1.165, 1.54) is 12.8 Å². The van der Waals surface area contributed by atoms with Crippen molar-refractivity contribution in [1.29, 1.82) is 0 Å². The van der Waals surface area contributed by atoms with Gasteiger partial charge in [0.05, 0.1) is 0 Å². The van der Waals surface area contributed by atoms with E-state index in [1.54, 1.807) is 10.6 Å². The summed E-state index contributed by atoms with van der Waals surface area (Å²) in [6.45, 7) is 0.562. The minimum atomic E-state index is -0.0655. The van der Waals surface area contributed by atoms with E-state index >= 15 is 0 Å². The lowest BCUT2D eigenvalue weighted by Crippen LogP contribution is -2.39. The predicted molar refractivity (Wildman–Crippen MR) is 66.1 cm³/mol. The molecule has 3 N–H and O–H groups in total. The molecule has 1 atom stereocenters. The van der Waals surface area contributed by atoms with Crippen LogP contribution in [0.25, 0.3) is 0 Å². The van der Waals surface area contributed by atoms with Crippen molar-refractivity contribution in [1.82, 2.24) is 9.88 Å². The highest BCUT2D eigenvalue weighted by atomic mass is 79.9. The van der Waals surface area contributed by atoms with E-state index in [9.17, 15) is 4.79 Å². The van der Waals surface area contributed by atoms with Crippen LogP contribution in [0.2, 0.25) is 0 Å². The summed E-state index contributed by atoms with van der Waals surface area (Å²) in [5.74, 6) is 0.546. The molecule has 0 aromatic carbocycles. The van der Waals surface area contributed by atoms with Crippen LogP contribution in [0.15, 0.2) is 16.7 Å². The molecule has 1 aromatic rings. The molecular weight excluding hydrogens is 270 g/mol. The molecule has 0 bridgehead atoms. The number of hydrogen-bond acceptors (Lipinski definition) is 2. The smallest absolute Gasteiger partial charge is 0.267 e. The molecule has 1 heterocycles. The molecule has 4 nitrogen and oxygen atoms in total. The summed E-state index contributed by atoms with van der Waals surface area (Å²) in [5, 5.41) is 2.87. The van der Waals surface area contributed by atoms with Crippen LogP contribution in [-0.2, 0) is 7.05 Å². The fourth-order valence-corrected chi connectivity index (χ4v) is 2.27. The minimum Gasteiger partial charge on any atom is -0.349 e. The summed E-state index contributed by atoms with van der Waals surface area (Å²) in [6.07, 6.45) is 4.26. The molecule has 88 valence electrons. The van der Waals surface area contributed by atoms with Crippen LogP contribution in [0.3, 0.4) is 0 Å². The Labute approximate surface area is 103 Å². The van der Waals surface area contributed by atoms with Crippen LogP contribution >= 0.6 is 15.9 Å². The maximum absolute atomic E-state index is 11.8. The standard InChI is InChI=1S/C11H16BrN3O/c1-15-6-8(12)4-10(15)11(16)14-5-9(13)7-2-3-7/h4,6-7,9H,2-3,5,13H2,1H3,(H,14,16). The second-order valence-corrected chi connectivity index (χ2v) is 5.28. The number of nitrogens with one attached hydrogen (secondary N) is 1. The monoisotopic (exact) mass is 285 g/mol. The van der Waals surface area contributed by atoms with Crippen LogP contribution in [0.4, 0.5) is 0 Å². The van der Waals surface area contributed by atoms with Crippen LogP contribution in [0.1, 0.15) is 23.3 Å². The van der Waals surface area contributed by atoms with Crippen LogP contribution in [-0.4, -0.2) is 23.1 Å². The number of amides is 1. The highest BCUT2D eigenvalue weighted by Crippen LogP contribution is 2.31. The van der Waals surface area contributed by atoms with Gasteiger partial charge in [-0.25, -0.2) is 0 Å². The van der Waals surface area contributed by atoms with Gasteiger partial charge < -0.3 is 15.6 Å². The molecule has 2 rings (SSSR count). The van der Waals surface area contributed by atoms with Crippen molar-refractivity contribution >= 4 is 21.8 Å². The van der Waals surface area contributed by atoms with Crippen LogP contribution in [0, 0.1) is 5.92 Å². The number of aromatic nitrogens is 1. The summed E-state index contributed by atoms with van der Waals surface area (Å²) in [4.78, 5) is 11.8. The fraction of sp³-hybridized carbons (Fsp3) is 0.545. The summed E-state index contributed by atoms with van der Waals surface area (Å²) < 4.78 is 2.70. The second-order valence-electron chi connectivity index (χ2n) is 4.37. The van der Waals surface area contributed by atoms with Gasteiger partial charge in [-0.15, -0.1) is 0 Å². The van der Waals surface area contributed by atoms with Gasteiger partial charge in [-0.05, 0) is 40.8 Å². The first-order valence-corrected chi connectivity index (χ1v) is 6.23. The highest BCUT2D eigenvalue weighted by Gasteiger charge is 2.28. The number of nitrogens with zero attached hydrogens (tertiary/aromatic N) is 1. The number of aryl methyl sites for hydroxylation is 1. The first-order chi connectivity index (χ1) is 7.58. The van der Waals surface area contributed by atoms with Gasteiger partial charge in [0.15, 0.2) is 0 Å². The summed E-state index contributed by atoms with van der Waals surface area (Å²) in [6, 6.07) is 1.91.